The minimum absolute atomic E-state index is 0.0913. The summed E-state index contributed by atoms with van der Waals surface area (Å²) in [6.07, 6.45) is 21.5. The Morgan fingerprint density at radius 3 is 1.84 bits per heavy atom. The Bertz CT molecular complexity index is 959. The first kappa shape index (κ1) is 31.2. The summed E-state index contributed by atoms with van der Waals surface area (Å²) in [5, 5.41) is 4.00. The number of hydrogen-bond donors (Lipinski definition) is 1. The molecule has 0 fully saturated rings. The lowest BCUT2D eigenvalue weighted by molar-refractivity contribution is -0.121. The van der Waals surface area contributed by atoms with Crippen LogP contribution in [0.2, 0.25) is 0 Å². The molecule has 38 heavy (non-hydrogen) atoms. The van der Waals surface area contributed by atoms with Gasteiger partial charge in [-0.05, 0) is 48.4 Å². The number of unbranched alkanes of at least 4 members (excludes halogenated alkanes) is 14. The molecular weight excluding hydrogens is 479 g/mol. The molecule has 0 bridgehead atoms. The molecular formula is C32H45FN2O3. The standard InChI is InChI=1S/C32H45FN2O3/c1-2-3-4-5-6-7-8-9-10-11-12-13-14-15-16-21-31(36)35-34-26-27-22-24-28(25-23-27)38-32(37)29-19-17-18-20-30(29)33/h17-20,22-26H,2-16,21H2,1H3,(H,35,36). The third-order valence-corrected chi connectivity index (χ3v) is 6.59. The third kappa shape index (κ3) is 14.1. The van der Waals surface area contributed by atoms with Crippen LogP contribution < -0.4 is 10.2 Å². The monoisotopic (exact) mass is 524 g/mol. The normalized spacial score (nSPS) is 11.1. The van der Waals surface area contributed by atoms with Crippen LogP contribution in [0.5, 0.6) is 5.75 Å². The molecule has 0 radical (unpaired) electrons. The molecule has 0 aliphatic heterocycles. The highest BCUT2D eigenvalue weighted by Crippen LogP contribution is 2.16. The van der Waals surface area contributed by atoms with Gasteiger partial charge in [0.15, 0.2) is 0 Å². The molecule has 2 aromatic rings. The first-order valence-corrected chi connectivity index (χ1v) is 14.5. The topological polar surface area (TPSA) is 67.8 Å². The van der Waals surface area contributed by atoms with Crippen LogP contribution in [-0.2, 0) is 4.79 Å². The molecule has 0 unspecified atom stereocenters. The summed E-state index contributed by atoms with van der Waals surface area (Å²) in [6.45, 7) is 2.26. The largest absolute Gasteiger partial charge is 0.423 e. The van der Waals surface area contributed by atoms with Gasteiger partial charge in [-0.2, -0.15) is 5.10 Å². The molecule has 5 nitrogen and oxygen atoms in total. The van der Waals surface area contributed by atoms with Crippen molar-refractivity contribution in [2.45, 2.75) is 110 Å². The second kappa shape index (κ2) is 20.0. The molecule has 0 atom stereocenters. The van der Waals surface area contributed by atoms with Crippen molar-refractivity contribution in [2.75, 3.05) is 0 Å². The summed E-state index contributed by atoms with van der Waals surface area (Å²) in [4.78, 5) is 24.1. The number of nitrogens with one attached hydrogen (secondary N) is 1. The summed E-state index contributed by atoms with van der Waals surface area (Å²) in [5.74, 6) is -1.17. The lowest BCUT2D eigenvalue weighted by Crippen LogP contribution is -2.16. The molecule has 0 spiro atoms. The van der Waals surface area contributed by atoms with Crippen molar-refractivity contribution in [3.8, 4) is 5.75 Å². The fourth-order valence-corrected chi connectivity index (χ4v) is 4.30. The summed E-state index contributed by atoms with van der Waals surface area (Å²) >= 11 is 0. The van der Waals surface area contributed by atoms with Gasteiger partial charge in [0.1, 0.15) is 11.6 Å². The summed E-state index contributed by atoms with van der Waals surface area (Å²) < 4.78 is 18.9. The van der Waals surface area contributed by atoms with Gasteiger partial charge >= 0.3 is 5.97 Å². The number of nitrogens with zero attached hydrogens (tertiary/aromatic N) is 1. The zero-order chi connectivity index (χ0) is 27.3. The van der Waals surface area contributed by atoms with Gasteiger partial charge in [-0.3, -0.25) is 4.79 Å². The van der Waals surface area contributed by atoms with Crippen LogP contribution in [0.4, 0.5) is 4.39 Å². The molecule has 0 saturated carbocycles. The number of hydrogen-bond acceptors (Lipinski definition) is 4. The molecule has 6 heteroatoms. The van der Waals surface area contributed by atoms with E-state index >= 15 is 0 Å². The number of carbonyl (C=O) groups excluding carboxylic acids is 2. The van der Waals surface area contributed by atoms with E-state index in [1.165, 1.54) is 108 Å². The van der Waals surface area contributed by atoms with E-state index in [1.807, 2.05) is 0 Å². The zero-order valence-electron chi connectivity index (χ0n) is 23.1. The van der Waals surface area contributed by atoms with Crippen LogP contribution in [0, 0.1) is 5.82 Å². The predicted octanol–water partition coefficient (Wildman–Crippen LogP) is 8.76. The Morgan fingerprint density at radius 2 is 1.29 bits per heavy atom. The number of ether oxygens (including phenoxy) is 1. The Hall–Kier alpha value is -3.02. The maximum Gasteiger partial charge on any atom is 0.346 e. The van der Waals surface area contributed by atoms with E-state index in [1.54, 1.807) is 30.3 Å². The summed E-state index contributed by atoms with van der Waals surface area (Å²) in [6, 6.07) is 12.3. The summed E-state index contributed by atoms with van der Waals surface area (Å²) in [5.41, 5.74) is 3.18. The first-order chi connectivity index (χ1) is 18.6. The molecule has 0 heterocycles. The minimum atomic E-state index is -0.754. The van der Waals surface area contributed by atoms with E-state index in [0.717, 1.165) is 18.4 Å². The molecule has 208 valence electrons. The van der Waals surface area contributed by atoms with Crippen molar-refractivity contribution in [1.29, 1.82) is 0 Å². The highest BCUT2D eigenvalue weighted by molar-refractivity contribution is 5.91. The van der Waals surface area contributed by atoms with E-state index in [9.17, 15) is 14.0 Å². The van der Waals surface area contributed by atoms with Crippen LogP contribution in [0.15, 0.2) is 53.6 Å². The van der Waals surface area contributed by atoms with Crippen molar-refractivity contribution in [3.63, 3.8) is 0 Å². The van der Waals surface area contributed by atoms with Gasteiger partial charge in [-0.1, -0.05) is 109 Å². The molecule has 1 amide bonds. The van der Waals surface area contributed by atoms with Crippen molar-refractivity contribution in [1.82, 2.24) is 5.43 Å². The number of carbonyl (C=O) groups is 2. The third-order valence-electron chi connectivity index (χ3n) is 6.59. The maximum absolute atomic E-state index is 13.7. The van der Waals surface area contributed by atoms with Crippen LogP contribution in [0.25, 0.3) is 0 Å². The Labute approximate surface area is 228 Å². The van der Waals surface area contributed by atoms with Gasteiger partial charge in [0.2, 0.25) is 5.91 Å². The quantitative estimate of drug-likeness (QED) is 0.0619. The fraction of sp³-hybridized carbons (Fsp3) is 0.531. The SMILES string of the molecule is CCCCCCCCCCCCCCCCCC(=O)NN=Cc1ccc(OC(=O)c2ccccc2F)cc1. The fourth-order valence-electron chi connectivity index (χ4n) is 4.30. The second-order valence-electron chi connectivity index (χ2n) is 9.93. The Balaban J connectivity index is 1.46. The minimum Gasteiger partial charge on any atom is -0.423 e. The molecule has 0 aliphatic carbocycles. The van der Waals surface area contributed by atoms with E-state index in [2.05, 4.69) is 17.5 Å². The highest BCUT2D eigenvalue weighted by Gasteiger charge is 2.13. The Kier molecular flexibility index (Phi) is 16.4. The van der Waals surface area contributed by atoms with Crippen LogP contribution in [0.1, 0.15) is 126 Å². The van der Waals surface area contributed by atoms with Gasteiger partial charge in [0.25, 0.3) is 0 Å². The van der Waals surface area contributed by atoms with Gasteiger partial charge in [0, 0.05) is 6.42 Å². The number of benzene rings is 2. The summed E-state index contributed by atoms with van der Waals surface area (Å²) in [7, 11) is 0. The average molecular weight is 525 g/mol. The van der Waals surface area contributed by atoms with Gasteiger partial charge < -0.3 is 4.74 Å². The second-order valence-corrected chi connectivity index (χ2v) is 9.93. The molecule has 0 saturated heterocycles. The average Bonchev–Trinajstić information content (AvgIpc) is 2.92. The molecule has 1 N–H and O–H groups in total. The Morgan fingerprint density at radius 1 is 0.763 bits per heavy atom. The number of hydrazone groups is 1. The molecule has 2 aromatic carbocycles. The van der Waals surface area contributed by atoms with E-state index in [0.29, 0.717) is 12.2 Å². The zero-order valence-corrected chi connectivity index (χ0v) is 23.1. The van der Waals surface area contributed by atoms with Gasteiger partial charge in [-0.25, -0.2) is 14.6 Å². The lowest BCUT2D eigenvalue weighted by atomic mass is 10.0. The van der Waals surface area contributed by atoms with Gasteiger partial charge in [0.05, 0.1) is 11.8 Å². The number of amides is 1. The number of esters is 1. The van der Waals surface area contributed by atoms with Gasteiger partial charge in [-0.15, -0.1) is 0 Å². The predicted molar refractivity (Wildman–Crippen MR) is 153 cm³/mol. The smallest absolute Gasteiger partial charge is 0.346 e. The maximum atomic E-state index is 13.7. The van der Waals surface area contributed by atoms with E-state index < -0.39 is 11.8 Å². The van der Waals surface area contributed by atoms with Crippen LogP contribution in [0.3, 0.4) is 0 Å². The van der Waals surface area contributed by atoms with Crippen molar-refractivity contribution in [2.24, 2.45) is 5.10 Å². The van der Waals surface area contributed by atoms with E-state index in [4.69, 9.17) is 4.74 Å². The van der Waals surface area contributed by atoms with Crippen LogP contribution in [-0.4, -0.2) is 18.1 Å². The highest BCUT2D eigenvalue weighted by atomic mass is 19.1. The number of halogens is 1. The van der Waals surface area contributed by atoms with Crippen molar-refractivity contribution in [3.05, 3.63) is 65.5 Å². The van der Waals surface area contributed by atoms with E-state index in [-0.39, 0.29) is 11.5 Å². The molecule has 2 rings (SSSR count). The van der Waals surface area contributed by atoms with Crippen LogP contribution >= 0.6 is 0 Å². The van der Waals surface area contributed by atoms with Crippen molar-refractivity contribution >= 4 is 18.1 Å². The molecule has 0 aromatic heterocycles. The van der Waals surface area contributed by atoms with Crippen molar-refractivity contribution < 1.29 is 18.7 Å². The number of rotatable bonds is 20. The molecule has 0 aliphatic rings. The first-order valence-electron chi connectivity index (χ1n) is 14.5. The lowest BCUT2D eigenvalue weighted by Gasteiger charge is -2.05.